The Kier molecular flexibility index (Phi) is 6.09. The van der Waals surface area contributed by atoms with Crippen LogP contribution in [0.3, 0.4) is 0 Å². The molecule has 0 radical (unpaired) electrons. The van der Waals surface area contributed by atoms with E-state index < -0.39 is 0 Å². The van der Waals surface area contributed by atoms with Crippen LogP contribution in [0.25, 0.3) is 17.2 Å². The number of hydrogen-bond acceptors (Lipinski definition) is 4. The van der Waals surface area contributed by atoms with E-state index in [0.717, 1.165) is 48.3 Å². The maximum absolute atomic E-state index is 12.6. The zero-order valence-corrected chi connectivity index (χ0v) is 17.8. The fourth-order valence-electron chi connectivity index (χ4n) is 3.97. The molecular formula is C24H25ClN2O3. The molecule has 1 saturated heterocycles. The van der Waals surface area contributed by atoms with Gasteiger partial charge in [0.1, 0.15) is 0 Å². The maximum Gasteiger partial charge on any atom is 0.334 e. The Balaban J connectivity index is 1.64. The average molecular weight is 425 g/mol. The molecule has 0 saturated carbocycles. The Morgan fingerprint density at radius 1 is 1.10 bits per heavy atom. The molecule has 6 heteroatoms. The van der Waals surface area contributed by atoms with Gasteiger partial charge >= 0.3 is 5.97 Å². The standard InChI is InChI=1S/C24H25ClN2O3/c1-2-30-24(29)18-9-10-26-22-20(13-18)14-19(15-21(22)25)16-5-7-17(8-6-16)23(28)27-11-3-4-12-27/h5-8,13-15,26H,2-4,9-12H2,1H3. The minimum atomic E-state index is -0.293. The Bertz CT molecular complexity index is 992. The van der Waals surface area contributed by atoms with Gasteiger partial charge in [0.15, 0.2) is 0 Å². The second-order valence-corrected chi connectivity index (χ2v) is 7.97. The molecular weight excluding hydrogens is 400 g/mol. The first-order chi connectivity index (χ1) is 14.6. The van der Waals surface area contributed by atoms with Gasteiger partial charge in [-0.05, 0) is 67.7 Å². The number of carbonyl (C=O) groups excluding carboxylic acids is 2. The molecule has 1 fully saturated rings. The number of benzene rings is 2. The highest BCUT2D eigenvalue weighted by atomic mass is 35.5. The van der Waals surface area contributed by atoms with E-state index in [0.29, 0.717) is 35.7 Å². The Morgan fingerprint density at radius 2 is 1.83 bits per heavy atom. The first-order valence-electron chi connectivity index (χ1n) is 10.4. The summed E-state index contributed by atoms with van der Waals surface area (Å²) in [6.07, 6.45) is 4.58. The van der Waals surface area contributed by atoms with Crippen molar-refractivity contribution in [2.45, 2.75) is 26.2 Å². The first-order valence-corrected chi connectivity index (χ1v) is 10.8. The normalized spacial score (nSPS) is 15.7. The molecule has 4 rings (SSSR count). The van der Waals surface area contributed by atoms with Crippen molar-refractivity contribution in [3.8, 4) is 11.1 Å². The van der Waals surface area contributed by atoms with Crippen LogP contribution in [0, 0.1) is 0 Å². The van der Waals surface area contributed by atoms with Crippen molar-refractivity contribution < 1.29 is 14.3 Å². The highest BCUT2D eigenvalue weighted by Gasteiger charge is 2.20. The smallest absolute Gasteiger partial charge is 0.334 e. The molecule has 0 bridgehead atoms. The summed E-state index contributed by atoms with van der Waals surface area (Å²) in [5.74, 6) is -0.205. The van der Waals surface area contributed by atoms with Gasteiger partial charge in [-0.15, -0.1) is 0 Å². The topological polar surface area (TPSA) is 58.6 Å². The highest BCUT2D eigenvalue weighted by molar-refractivity contribution is 6.34. The van der Waals surface area contributed by atoms with Gasteiger partial charge < -0.3 is 15.0 Å². The molecule has 30 heavy (non-hydrogen) atoms. The van der Waals surface area contributed by atoms with Gasteiger partial charge in [0.25, 0.3) is 5.91 Å². The lowest BCUT2D eigenvalue weighted by Crippen LogP contribution is -2.27. The number of nitrogens with zero attached hydrogens (tertiary/aromatic N) is 1. The van der Waals surface area contributed by atoms with Crippen LogP contribution in [0.2, 0.25) is 5.02 Å². The molecule has 156 valence electrons. The number of nitrogens with one attached hydrogen (secondary N) is 1. The van der Waals surface area contributed by atoms with Gasteiger partial charge in [-0.3, -0.25) is 4.79 Å². The lowest BCUT2D eigenvalue weighted by atomic mass is 9.99. The number of fused-ring (bicyclic) bond motifs is 1. The summed E-state index contributed by atoms with van der Waals surface area (Å²) in [4.78, 5) is 26.7. The Morgan fingerprint density at radius 3 is 2.53 bits per heavy atom. The minimum absolute atomic E-state index is 0.0882. The van der Waals surface area contributed by atoms with Crippen LogP contribution in [-0.2, 0) is 9.53 Å². The van der Waals surface area contributed by atoms with E-state index in [1.807, 2.05) is 47.4 Å². The van der Waals surface area contributed by atoms with E-state index in [9.17, 15) is 9.59 Å². The molecule has 2 aliphatic rings. The van der Waals surface area contributed by atoms with Crippen LogP contribution < -0.4 is 5.32 Å². The third kappa shape index (κ3) is 4.21. The summed E-state index contributed by atoms with van der Waals surface area (Å²) in [7, 11) is 0. The highest BCUT2D eigenvalue weighted by Crippen LogP contribution is 2.36. The Hall–Kier alpha value is -2.79. The number of esters is 1. The van der Waals surface area contributed by atoms with E-state index in [4.69, 9.17) is 16.3 Å². The third-order valence-electron chi connectivity index (χ3n) is 5.54. The van der Waals surface area contributed by atoms with Gasteiger partial charge in [0.2, 0.25) is 0 Å². The molecule has 0 unspecified atom stereocenters. The largest absolute Gasteiger partial charge is 0.463 e. The van der Waals surface area contributed by atoms with E-state index in [-0.39, 0.29) is 11.9 Å². The van der Waals surface area contributed by atoms with Gasteiger partial charge in [-0.1, -0.05) is 23.7 Å². The predicted octanol–water partition coefficient (Wildman–Crippen LogP) is 5.01. The van der Waals surface area contributed by atoms with E-state index in [2.05, 4.69) is 5.32 Å². The minimum Gasteiger partial charge on any atom is -0.463 e. The van der Waals surface area contributed by atoms with Crippen LogP contribution >= 0.6 is 11.6 Å². The van der Waals surface area contributed by atoms with Crippen molar-refractivity contribution in [2.75, 3.05) is 31.6 Å². The van der Waals surface area contributed by atoms with Gasteiger partial charge in [0.05, 0.1) is 17.3 Å². The molecule has 1 N–H and O–H groups in total. The zero-order valence-electron chi connectivity index (χ0n) is 17.0. The SMILES string of the molecule is CCOC(=O)C1=Cc2cc(-c3ccc(C(=O)N4CCCC4)cc3)cc(Cl)c2NCC1. The van der Waals surface area contributed by atoms with Crippen molar-refractivity contribution >= 4 is 35.2 Å². The molecule has 1 amide bonds. The van der Waals surface area contributed by atoms with Crippen LogP contribution in [0.15, 0.2) is 42.0 Å². The molecule has 0 atom stereocenters. The molecule has 0 spiro atoms. The molecule has 0 aromatic heterocycles. The van der Waals surface area contributed by atoms with Gasteiger partial charge in [-0.25, -0.2) is 4.79 Å². The van der Waals surface area contributed by atoms with Gasteiger partial charge in [0, 0.05) is 36.3 Å². The van der Waals surface area contributed by atoms with Crippen molar-refractivity contribution in [3.05, 3.63) is 58.1 Å². The summed E-state index contributed by atoms with van der Waals surface area (Å²) in [6, 6.07) is 11.5. The second-order valence-electron chi connectivity index (χ2n) is 7.57. The number of rotatable bonds is 4. The van der Waals surface area contributed by atoms with E-state index in [1.54, 1.807) is 6.92 Å². The predicted molar refractivity (Wildman–Crippen MR) is 120 cm³/mol. The van der Waals surface area contributed by atoms with Crippen molar-refractivity contribution in [2.24, 2.45) is 0 Å². The molecule has 2 aromatic carbocycles. The van der Waals surface area contributed by atoms with E-state index in [1.165, 1.54) is 0 Å². The fraction of sp³-hybridized carbons (Fsp3) is 0.333. The third-order valence-corrected chi connectivity index (χ3v) is 5.84. The molecule has 2 aromatic rings. The molecule has 0 aliphatic carbocycles. The zero-order chi connectivity index (χ0) is 21.1. The molecule has 2 aliphatic heterocycles. The maximum atomic E-state index is 12.6. The van der Waals surface area contributed by atoms with Crippen molar-refractivity contribution in [3.63, 3.8) is 0 Å². The summed E-state index contributed by atoms with van der Waals surface area (Å²) in [5, 5.41) is 3.91. The summed E-state index contributed by atoms with van der Waals surface area (Å²) >= 11 is 6.56. The van der Waals surface area contributed by atoms with Crippen LogP contribution in [0.4, 0.5) is 5.69 Å². The number of likely N-dealkylation sites (tertiary alicyclic amines) is 1. The first kappa shape index (κ1) is 20.5. The van der Waals surface area contributed by atoms with Gasteiger partial charge in [-0.2, -0.15) is 0 Å². The summed E-state index contributed by atoms with van der Waals surface area (Å²) in [6.45, 7) is 4.44. The fourth-order valence-corrected chi connectivity index (χ4v) is 4.26. The lowest BCUT2D eigenvalue weighted by Gasteiger charge is -2.16. The number of amides is 1. The van der Waals surface area contributed by atoms with Crippen LogP contribution in [-0.4, -0.2) is 43.0 Å². The van der Waals surface area contributed by atoms with E-state index >= 15 is 0 Å². The number of ether oxygens (including phenoxy) is 1. The van der Waals surface area contributed by atoms with Crippen molar-refractivity contribution in [1.29, 1.82) is 0 Å². The molecule has 5 nitrogen and oxygen atoms in total. The Labute approximate surface area is 181 Å². The summed E-state index contributed by atoms with van der Waals surface area (Å²) < 4.78 is 5.17. The second kappa shape index (κ2) is 8.92. The number of anilines is 1. The quantitative estimate of drug-likeness (QED) is 0.701. The molecule has 2 heterocycles. The monoisotopic (exact) mass is 424 g/mol. The average Bonchev–Trinajstić information content (AvgIpc) is 3.20. The van der Waals surface area contributed by atoms with Crippen LogP contribution in [0.1, 0.15) is 42.1 Å². The van der Waals surface area contributed by atoms with Crippen molar-refractivity contribution in [1.82, 2.24) is 4.90 Å². The lowest BCUT2D eigenvalue weighted by molar-refractivity contribution is -0.138. The van der Waals surface area contributed by atoms with Crippen LogP contribution in [0.5, 0.6) is 0 Å². The summed E-state index contributed by atoms with van der Waals surface area (Å²) in [5.41, 5.74) is 4.90. The number of halogens is 1. The number of carbonyl (C=O) groups is 2. The number of hydrogen-bond donors (Lipinski definition) is 1.